The SMILES string of the molecule is CC(C)C1CCN(C(=O)c2cc(Br)cc(Br)c2)CC1. The number of amides is 1. The summed E-state index contributed by atoms with van der Waals surface area (Å²) in [6.45, 7) is 6.30. The fourth-order valence-electron chi connectivity index (χ4n) is 2.63. The number of rotatable bonds is 2. The summed E-state index contributed by atoms with van der Waals surface area (Å²) in [5.41, 5.74) is 0.754. The van der Waals surface area contributed by atoms with Gasteiger partial charge in [-0.3, -0.25) is 4.79 Å². The zero-order valence-electron chi connectivity index (χ0n) is 11.3. The molecule has 19 heavy (non-hydrogen) atoms. The summed E-state index contributed by atoms with van der Waals surface area (Å²) in [6.07, 6.45) is 2.25. The molecule has 1 aliphatic heterocycles. The summed E-state index contributed by atoms with van der Waals surface area (Å²) >= 11 is 6.87. The van der Waals surface area contributed by atoms with E-state index < -0.39 is 0 Å². The van der Waals surface area contributed by atoms with Gasteiger partial charge in [0.2, 0.25) is 0 Å². The molecule has 0 N–H and O–H groups in total. The number of hydrogen-bond donors (Lipinski definition) is 0. The summed E-state index contributed by atoms with van der Waals surface area (Å²) < 4.78 is 1.87. The lowest BCUT2D eigenvalue weighted by molar-refractivity contribution is 0.0667. The van der Waals surface area contributed by atoms with Gasteiger partial charge < -0.3 is 4.90 Å². The van der Waals surface area contributed by atoms with Crippen LogP contribution >= 0.6 is 31.9 Å². The van der Waals surface area contributed by atoms with Gasteiger partial charge in [0.1, 0.15) is 0 Å². The lowest BCUT2D eigenvalue weighted by atomic mass is 9.86. The summed E-state index contributed by atoms with van der Waals surface area (Å²) in [5.74, 6) is 1.62. The van der Waals surface area contributed by atoms with Crippen LogP contribution in [-0.2, 0) is 0 Å². The third-order valence-corrected chi connectivity index (χ3v) is 4.79. The standard InChI is InChI=1S/C15H19Br2NO/c1-10(2)11-3-5-18(6-4-11)15(19)12-7-13(16)9-14(17)8-12/h7-11H,3-6H2,1-2H3. The molecule has 0 bridgehead atoms. The average molecular weight is 389 g/mol. The minimum absolute atomic E-state index is 0.143. The second-order valence-electron chi connectivity index (χ2n) is 5.53. The molecule has 1 amide bonds. The molecule has 2 nitrogen and oxygen atoms in total. The van der Waals surface area contributed by atoms with Crippen molar-refractivity contribution in [2.45, 2.75) is 26.7 Å². The van der Waals surface area contributed by atoms with Crippen molar-refractivity contribution in [2.24, 2.45) is 11.8 Å². The Hall–Kier alpha value is -0.350. The van der Waals surface area contributed by atoms with Crippen LogP contribution in [0.4, 0.5) is 0 Å². The molecule has 1 fully saturated rings. The van der Waals surface area contributed by atoms with Gasteiger partial charge in [-0.05, 0) is 42.9 Å². The van der Waals surface area contributed by atoms with Crippen LogP contribution < -0.4 is 0 Å². The van der Waals surface area contributed by atoms with E-state index in [1.807, 2.05) is 23.1 Å². The number of benzene rings is 1. The normalized spacial score (nSPS) is 17.0. The molecule has 104 valence electrons. The van der Waals surface area contributed by atoms with Gasteiger partial charge in [0, 0.05) is 27.6 Å². The summed E-state index contributed by atoms with van der Waals surface area (Å²) in [4.78, 5) is 14.4. The second kappa shape index (κ2) is 6.40. The lowest BCUT2D eigenvalue weighted by Crippen LogP contribution is -2.39. The second-order valence-corrected chi connectivity index (χ2v) is 7.36. The highest BCUT2D eigenvalue weighted by Gasteiger charge is 2.25. The van der Waals surface area contributed by atoms with Crippen LogP contribution in [0.1, 0.15) is 37.0 Å². The monoisotopic (exact) mass is 387 g/mol. The van der Waals surface area contributed by atoms with E-state index in [4.69, 9.17) is 0 Å². The van der Waals surface area contributed by atoms with Crippen molar-refractivity contribution < 1.29 is 4.79 Å². The Bertz CT molecular complexity index is 445. The molecule has 0 saturated carbocycles. The number of piperidine rings is 1. The Morgan fingerprint density at radius 3 is 2.16 bits per heavy atom. The Kier molecular flexibility index (Phi) is 5.07. The largest absolute Gasteiger partial charge is 0.339 e. The molecule has 1 heterocycles. The van der Waals surface area contributed by atoms with E-state index in [2.05, 4.69) is 45.7 Å². The van der Waals surface area contributed by atoms with Gasteiger partial charge >= 0.3 is 0 Å². The van der Waals surface area contributed by atoms with E-state index >= 15 is 0 Å². The van der Waals surface area contributed by atoms with Crippen molar-refractivity contribution in [1.29, 1.82) is 0 Å². The molecule has 0 spiro atoms. The van der Waals surface area contributed by atoms with Gasteiger partial charge in [-0.2, -0.15) is 0 Å². The molecule has 2 rings (SSSR count). The number of carbonyl (C=O) groups is 1. The van der Waals surface area contributed by atoms with E-state index in [1.165, 1.54) is 0 Å². The molecule has 1 aliphatic rings. The van der Waals surface area contributed by atoms with Crippen LogP contribution in [0, 0.1) is 11.8 Å². The molecule has 0 atom stereocenters. The Morgan fingerprint density at radius 1 is 1.16 bits per heavy atom. The molecule has 1 aromatic rings. The number of hydrogen-bond acceptors (Lipinski definition) is 1. The first-order chi connectivity index (χ1) is 8.97. The predicted molar refractivity (Wildman–Crippen MR) is 85.3 cm³/mol. The first-order valence-corrected chi connectivity index (χ1v) is 8.31. The van der Waals surface area contributed by atoms with Crippen molar-refractivity contribution in [2.75, 3.05) is 13.1 Å². The highest BCUT2D eigenvalue weighted by atomic mass is 79.9. The minimum Gasteiger partial charge on any atom is -0.339 e. The summed E-state index contributed by atoms with van der Waals surface area (Å²) in [5, 5.41) is 0. The van der Waals surface area contributed by atoms with Crippen LogP contribution in [0.25, 0.3) is 0 Å². The molecular formula is C15H19Br2NO. The number of likely N-dealkylation sites (tertiary alicyclic amines) is 1. The van der Waals surface area contributed by atoms with Gasteiger partial charge in [-0.1, -0.05) is 45.7 Å². The summed E-state index contributed by atoms with van der Waals surface area (Å²) in [6, 6.07) is 5.73. The van der Waals surface area contributed by atoms with Crippen molar-refractivity contribution in [3.05, 3.63) is 32.7 Å². The van der Waals surface area contributed by atoms with Crippen molar-refractivity contribution in [1.82, 2.24) is 4.90 Å². The van der Waals surface area contributed by atoms with Crippen LogP contribution in [0.3, 0.4) is 0 Å². The van der Waals surface area contributed by atoms with Crippen LogP contribution in [0.2, 0.25) is 0 Å². The maximum absolute atomic E-state index is 12.5. The zero-order chi connectivity index (χ0) is 14.0. The van der Waals surface area contributed by atoms with Gasteiger partial charge in [0.15, 0.2) is 0 Å². The minimum atomic E-state index is 0.143. The lowest BCUT2D eigenvalue weighted by Gasteiger charge is -2.34. The molecular weight excluding hydrogens is 370 g/mol. The van der Waals surface area contributed by atoms with Crippen molar-refractivity contribution >= 4 is 37.8 Å². The quantitative estimate of drug-likeness (QED) is 0.717. The van der Waals surface area contributed by atoms with Gasteiger partial charge in [0.25, 0.3) is 5.91 Å². The molecule has 4 heteroatoms. The van der Waals surface area contributed by atoms with Crippen LogP contribution in [0.5, 0.6) is 0 Å². The maximum atomic E-state index is 12.5. The predicted octanol–water partition coefficient (Wildman–Crippen LogP) is 4.72. The fourth-order valence-corrected chi connectivity index (χ4v) is 3.92. The van der Waals surface area contributed by atoms with E-state index in [9.17, 15) is 4.79 Å². The third-order valence-electron chi connectivity index (χ3n) is 3.88. The number of nitrogens with zero attached hydrogens (tertiary/aromatic N) is 1. The zero-order valence-corrected chi connectivity index (χ0v) is 14.5. The topological polar surface area (TPSA) is 20.3 Å². The van der Waals surface area contributed by atoms with Crippen LogP contribution in [-0.4, -0.2) is 23.9 Å². The van der Waals surface area contributed by atoms with Gasteiger partial charge in [-0.25, -0.2) is 0 Å². The first kappa shape index (κ1) is 15.0. The molecule has 0 radical (unpaired) electrons. The molecule has 0 aliphatic carbocycles. The third kappa shape index (κ3) is 3.82. The van der Waals surface area contributed by atoms with Crippen molar-refractivity contribution in [3.8, 4) is 0 Å². The Labute approximate surface area is 131 Å². The first-order valence-electron chi connectivity index (χ1n) is 6.72. The van der Waals surface area contributed by atoms with E-state index in [0.717, 1.165) is 52.3 Å². The molecule has 0 aromatic heterocycles. The molecule has 0 unspecified atom stereocenters. The highest BCUT2D eigenvalue weighted by Crippen LogP contribution is 2.26. The Balaban J connectivity index is 2.05. The fraction of sp³-hybridized carbons (Fsp3) is 0.533. The van der Waals surface area contributed by atoms with Gasteiger partial charge in [-0.15, -0.1) is 0 Å². The van der Waals surface area contributed by atoms with E-state index in [-0.39, 0.29) is 5.91 Å². The van der Waals surface area contributed by atoms with Crippen molar-refractivity contribution in [3.63, 3.8) is 0 Å². The summed E-state index contributed by atoms with van der Waals surface area (Å²) in [7, 11) is 0. The Morgan fingerprint density at radius 2 is 1.68 bits per heavy atom. The molecule has 1 aromatic carbocycles. The average Bonchev–Trinajstić information content (AvgIpc) is 2.37. The smallest absolute Gasteiger partial charge is 0.253 e. The van der Waals surface area contributed by atoms with E-state index in [0.29, 0.717) is 0 Å². The number of carbonyl (C=O) groups excluding carboxylic acids is 1. The van der Waals surface area contributed by atoms with E-state index in [1.54, 1.807) is 0 Å². The maximum Gasteiger partial charge on any atom is 0.253 e. The van der Waals surface area contributed by atoms with Gasteiger partial charge in [0.05, 0.1) is 0 Å². The number of halogens is 2. The highest BCUT2D eigenvalue weighted by molar-refractivity contribution is 9.11. The molecule has 1 saturated heterocycles. The van der Waals surface area contributed by atoms with Crippen LogP contribution in [0.15, 0.2) is 27.1 Å².